The Labute approximate surface area is 137 Å². The molecule has 23 heavy (non-hydrogen) atoms. The van der Waals surface area contributed by atoms with Crippen LogP contribution in [-0.2, 0) is 7.05 Å². The topological polar surface area (TPSA) is 64.0 Å². The van der Waals surface area contributed by atoms with Crippen LogP contribution in [0.3, 0.4) is 0 Å². The van der Waals surface area contributed by atoms with Crippen molar-refractivity contribution in [2.45, 2.75) is 6.92 Å². The van der Waals surface area contributed by atoms with Gasteiger partial charge in [0, 0.05) is 17.8 Å². The molecule has 0 atom stereocenters. The number of carbonyl (C=O) groups is 1. The first kappa shape index (κ1) is 15.2. The Hall–Kier alpha value is -2.66. The fourth-order valence-electron chi connectivity index (χ4n) is 2.36. The Balaban J connectivity index is 2.05. The second-order valence-electron chi connectivity index (χ2n) is 5.28. The second-order valence-corrected chi connectivity index (χ2v) is 5.72. The van der Waals surface area contributed by atoms with Crippen LogP contribution in [0.15, 0.2) is 47.3 Å². The minimum absolute atomic E-state index is 0.138. The van der Waals surface area contributed by atoms with E-state index < -0.39 is 5.91 Å². The molecule has 0 aliphatic carbocycles. The molecular weight excluding hydrogens is 314 g/mol. The van der Waals surface area contributed by atoms with Crippen LogP contribution in [0.5, 0.6) is 0 Å². The van der Waals surface area contributed by atoms with Gasteiger partial charge in [-0.05, 0) is 43.3 Å². The molecular formula is C17H14ClN3O2. The summed E-state index contributed by atoms with van der Waals surface area (Å²) < 4.78 is 1.53. The summed E-state index contributed by atoms with van der Waals surface area (Å²) in [4.78, 5) is 24.9. The molecule has 3 aromatic rings. The van der Waals surface area contributed by atoms with E-state index in [0.717, 1.165) is 5.56 Å². The summed E-state index contributed by atoms with van der Waals surface area (Å²) in [5.41, 5.74) is 1.66. The van der Waals surface area contributed by atoms with Crippen molar-refractivity contribution in [3.05, 3.63) is 69.0 Å². The Kier molecular flexibility index (Phi) is 3.88. The van der Waals surface area contributed by atoms with E-state index in [1.54, 1.807) is 37.4 Å². The second kappa shape index (κ2) is 5.85. The van der Waals surface area contributed by atoms with Gasteiger partial charge >= 0.3 is 0 Å². The molecule has 0 aliphatic rings. The Bertz CT molecular complexity index is 962. The number of hydrogen-bond donors (Lipinski definition) is 1. The molecule has 0 spiro atoms. The van der Waals surface area contributed by atoms with Gasteiger partial charge in [-0.1, -0.05) is 23.2 Å². The largest absolute Gasteiger partial charge is 0.320 e. The number of nitrogens with one attached hydrogen (secondary N) is 1. The van der Waals surface area contributed by atoms with E-state index in [1.165, 1.54) is 4.68 Å². The van der Waals surface area contributed by atoms with Gasteiger partial charge in [0.05, 0.1) is 10.9 Å². The lowest BCUT2D eigenvalue weighted by Crippen LogP contribution is -2.26. The van der Waals surface area contributed by atoms with Crippen LogP contribution in [0.1, 0.15) is 16.1 Å². The lowest BCUT2D eigenvalue weighted by Gasteiger charge is -2.09. The summed E-state index contributed by atoms with van der Waals surface area (Å²) in [6.45, 7) is 1.90. The van der Waals surface area contributed by atoms with Crippen LogP contribution in [0.2, 0.25) is 5.02 Å². The van der Waals surface area contributed by atoms with E-state index in [0.29, 0.717) is 21.6 Å². The van der Waals surface area contributed by atoms with Crippen LogP contribution in [0, 0.1) is 6.92 Å². The van der Waals surface area contributed by atoms with E-state index in [4.69, 9.17) is 11.6 Å². The molecule has 3 rings (SSSR count). The summed E-state index contributed by atoms with van der Waals surface area (Å²) in [6, 6.07) is 12.1. The molecule has 0 saturated heterocycles. The summed E-state index contributed by atoms with van der Waals surface area (Å²) in [5, 5.41) is 7.81. The molecule has 0 saturated carbocycles. The summed E-state index contributed by atoms with van der Waals surface area (Å²) in [5.74, 6) is -0.545. The number of hydrogen-bond acceptors (Lipinski definition) is 3. The van der Waals surface area contributed by atoms with Crippen LogP contribution >= 0.6 is 11.6 Å². The molecule has 5 nitrogen and oxygen atoms in total. The number of aromatic nitrogens is 2. The maximum Gasteiger partial charge on any atom is 0.280 e. The lowest BCUT2D eigenvalue weighted by molar-refractivity contribution is 0.101. The zero-order valence-corrected chi connectivity index (χ0v) is 13.4. The number of carbonyl (C=O) groups excluding carboxylic acids is 1. The SMILES string of the molecule is Cc1ccc2c(c1)c(=O)c(C(=O)Nc1ccc(Cl)cc1)nn2C. The van der Waals surface area contributed by atoms with E-state index in [-0.39, 0.29) is 11.1 Å². The average Bonchev–Trinajstić information content (AvgIpc) is 2.53. The van der Waals surface area contributed by atoms with Crippen molar-refractivity contribution in [2.75, 3.05) is 5.32 Å². The molecule has 1 N–H and O–H groups in total. The van der Waals surface area contributed by atoms with E-state index in [2.05, 4.69) is 10.4 Å². The lowest BCUT2D eigenvalue weighted by atomic mass is 10.1. The molecule has 116 valence electrons. The van der Waals surface area contributed by atoms with Crippen LogP contribution in [0.4, 0.5) is 5.69 Å². The Morgan fingerprint density at radius 2 is 1.87 bits per heavy atom. The molecule has 1 heterocycles. The summed E-state index contributed by atoms with van der Waals surface area (Å²) >= 11 is 5.81. The van der Waals surface area contributed by atoms with Crippen molar-refractivity contribution in [3.8, 4) is 0 Å². The van der Waals surface area contributed by atoms with Gasteiger partial charge in [-0.25, -0.2) is 0 Å². The van der Waals surface area contributed by atoms with Crippen molar-refractivity contribution in [1.29, 1.82) is 0 Å². The summed E-state index contributed by atoms with van der Waals surface area (Å²) in [7, 11) is 1.70. The number of amides is 1. The minimum atomic E-state index is -0.545. The first-order valence-corrected chi connectivity index (χ1v) is 7.38. The monoisotopic (exact) mass is 327 g/mol. The highest BCUT2D eigenvalue weighted by Gasteiger charge is 2.16. The predicted octanol–water partition coefficient (Wildman–Crippen LogP) is 3.15. The first-order chi connectivity index (χ1) is 11.0. The highest BCUT2D eigenvalue weighted by atomic mass is 35.5. The van der Waals surface area contributed by atoms with Crippen molar-refractivity contribution in [1.82, 2.24) is 9.78 Å². The van der Waals surface area contributed by atoms with Crippen molar-refractivity contribution in [2.24, 2.45) is 7.05 Å². The summed E-state index contributed by atoms with van der Waals surface area (Å²) in [6.07, 6.45) is 0. The number of anilines is 1. The van der Waals surface area contributed by atoms with Gasteiger partial charge in [0.25, 0.3) is 5.91 Å². The van der Waals surface area contributed by atoms with Gasteiger partial charge < -0.3 is 5.32 Å². The van der Waals surface area contributed by atoms with Crippen LogP contribution in [0.25, 0.3) is 10.9 Å². The standard InChI is InChI=1S/C17H14ClN3O2/c1-10-3-8-14-13(9-10)16(22)15(20-21(14)2)17(23)19-12-6-4-11(18)5-7-12/h3-9H,1-2H3,(H,19,23). The van der Waals surface area contributed by atoms with Gasteiger partial charge in [-0.15, -0.1) is 0 Å². The first-order valence-electron chi connectivity index (χ1n) is 7.00. The molecule has 0 radical (unpaired) electrons. The third-order valence-electron chi connectivity index (χ3n) is 3.53. The molecule has 1 amide bonds. The molecule has 1 aromatic heterocycles. The van der Waals surface area contributed by atoms with Gasteiger partial charge in [0.15, 0.2) is 5.69 Å². The van der Waals surface area contributed by atoms with Crippen molar-refractivity contribution < 1.29 is 4.79 Å². The zero-order chi connectivity index (χ0) is 16.6. The fraction of sp³-hybridized carbons (Fsp3) is 0.118. The third kappa shape index (κ3) is 2.96. The molecule has 0 bridgehead atoms. The maximum absolute atomic E-state index is 12.6. The van der Waals surface area contributed by atoms with E-state index >= 15 is 0 Å². The molecule has 6 heteroatoms. The number of rotatable bonds is 2. The molecule has 0 fully saturated rings. The van der Waals surface area contributed by atoms with Crippen LogP contribution in [-0.4, -0.2) is 15.7 Å². The molecule has 2 aromatic carbocycles. The normalized spacial score (nSPS) is 10.7. The van der Waals surface area contributed by atoms with E-state index in [1.807, 2.05) is 19.1 Å². The predicted molar refractivity (Wildman–Crippen MR) is 91.1 cm³/mol. The average molecular weight is 328 g/mol. The maximum atomic E-state index is 12.6. The van der Waals surface area contributed by atoms with Crippen molar-refractivity contribution >= 4 is 34.1 Å². The van der Waals surface area contributed by atoms with Gasteiger partial charge in [0.2, 0.25) is 5.43 Å². The number of aryl methyl sites for hydroxylation is 2. The smallest absolute Gasteiger partial charge is 0.280 e. The number of nitrogens with zero attached hydrogens (tertiary/aromatic N) is 2. The van der Waals surface area contributed by atoms with Gasteiger partial charge in [0.1, 0.15) is 0 Å². The molecule has 0 unspecified atom stereocenters. The van der Waals surface area contributed by atoms with E-state index in [9.17, 15) is 9.59 Å². The Morgan fingerprint density at radius 1 is 1.17 bits per heavy atom. The van der Waals surface area contributed by atoms with Gasteiger partial charge in [-0.2, -0.15) is 5.10 Å². The highest BCUT2D eigenvalue weighted by molar-refractivity contribution is 6.30. The number of fused-ring (bicyclic) bond motifs is 1. The number of benzene rings is 2. The Morgan fingerprint density at radius 3 is 2.57 bits per heavy atom. The zero-order valence-electron chi connectivity index (χ0n) is 12.6. The third-order valence-corrected chi connectivity index (χ3v) is 3.78. The fourth-order valence-corrected chi connectivity index (χ4v) is 2.49. The quantitative estimate of drug-likeness (QED) is 0.786. The van der Waals surface area contributed by atoms with Crippen LogP contribution < -0.4 is 10.7 Å². The van der Waals surface area contributed by atoms with Crippen molar-refractivity contribution in [3.63, 3.8) is 0 Å². The highest BCUT2D eigenvalue weighted by Crippen LogP contribution is 2.15. The molecule has 0 aliphatic heterocycles. The number of halogens is 1. The van der Waals surface area contributed by atoms with Gasteiger partial charge in [-0.3, -0.25) is 14.3 Å². The minimum Gasteiger partial charge on any atom is -0.320 e.